The van der Waals surface area contributed by atoms with Crippen LogP contribution < -0.4 is 15.4 Å². The van der Waals surface area contributed by atoms with E-state index in [2.05, 4.69) is 52.0 Å². The lowest BCUT2D eigenvalue weighted by atomic mass is 10.1. The smallest absolute Gasteiger partial charge is 0.191 e. The third-order valence-electron chi connectivity index (χ3n) is 4.23. The topological polar surface area (TPSA) is 71.7 Å². The highest BCUT2D eigenvalue weighted by Crippen LogP contribution is 2.20. The van der Waals surface area contributed by atoms with Gasteiger partial charge in [-0.05, 0) is 35.7 Å². The third-order valence-corrected chi connectivity index (χ3v) is 4.23. The van der Waals surface area contributed by atoms with Crippen LogP contribution in [0.25, 0.3) is 10.8 Å². The average Bonchev–Trinajstić information content (AvgIpc) is 3.18. The van der Waals surface area contributed by atoms with Crippen molar-refractivity contribution in [3.63, 3.8) is 0 Å². The summed E-state index contributed by atoms with van der Waals surface area (Å²) in [5, 5.41) is 12.9. The number of hydrogen-bond donors (Lipinski definition) is 2. The molecule has 1 aromatic heterocycles. The number of guanidine groups is 1. The maximum absolute atomic E-state index is 5.85. The first-order valence-corrected chi connectivity index (χ1v) is 9.29. The highest BCUT2D eigenvalue weighted by atomic mass is 127. The summed E-state index contributed by atoms with van der Waals surface area (Å²) in [6.07, 6.45) is 1.74. The van der Waals surface area contributed by atoms with Gasteiger partial charge in [-0.3, -0.25) is 4.99 Å². The lowest BCUT2D eigenvalue weighted by Crippen LogP contribution is -2.37. The number of hydrogen-bond acceptors (Lipinski definition) is 4. The zero-order valence-corrected chi connectivity index (χ0v) is 18.6. The molecule has 0 amide bonds. The molecule has 28 heavy (non-hydrogen) atoms. The van der Waals surface area contributed by atoms with E-state index in [1.807, 2.05) is 24.3 Å². The molecule has 3 rings (SSSR count). The van der Waals surface area contributed by atoms with E-state index in [0.717, 1.165) is 42.5 Å². The van der Waals surface area contributed by atoms with E-state index in [-0.39, 0.29) is 24.0 Å². The number of benzene rings is 2. The second-order valence-corrected chi connectivity index (χ2v) is 6.20. The number of aliphatic imine (C=N–C) groups is 1. The van der Waals surface area contributed by atoms with E-state index in [1.54, 1.807) is 7.05 Å². The lowest BCUT2D eigenvalue weighted by Gasteiger charge is -2.11. The number of ether oxygens (including phenoxy) is 1. The number of fused-ring (bicyclic) bond motifs is 1. The van der Waals surface area contributed by atoms with Gasteiger partial charge in [-0.2, -0.15) is 0 Å². The van der Waals surface area contributed by atoms with E-state index >= 15 is 0 Å². The summed E-state index contributed by atoms with van der Waals surface area (Å²) in [5.41, 5.74) is 0.959. The zero-order valence-electron chi connectivity index (χ0n) is 16.3. The van der Waals surface area contributed by atoms with Gasteiger partial charge in [0.1, 0.15) is 5.75 Å². The van der Waals surface area contributed by atoms with Crippen molar-refractivity contribution < 1.29 is 9.26 Å². The maximum Gasteiger partial charge on any atom is 0.191 e. The van der Waals surface area contributed by atoms with Crippen molar-refractivity contribution in [2.24, 2.45) is 4.99 Å². The monoisotopic (exact) mass is 494 g/mol. The van der Waals surface area contributed by atoms with Crippen LogP contribution in [0.3, 0.4) is 0 Å². The standard InChI is InChI=1S/C21H26N4O2.HI/c1-3-18-14-20(27-25-18)15-24-21(22-2)23-11-6-12-26-19-10-9-16-7-4-5-8-17(16)13-19;/h4-5,7-10,13-14H,3,6,11-12,15H2,1-2H3,(H2,22,23,24);1H. The Morgan fingerprint density at radius 1 is 1.11 bits per heavy atom. The van der Waals surface area contributed by atoms with Crippen LogP contribution in [0, 0.1) is 0 Å². The third kappa shape index (κ3) is 6.40. The van der Waals surface area contributed by atoms with Gasteiger partial charge in [-0.1, -0.05) is 42.4 Å². The fourth-order valence-corrected chi connectivity index (χ4v) is 2.72. The minimum atomic E-state index is 0. The molecule has 2 N–H and O–H groups in total. The molecule has 0 bridgehead atoms. The normalized spacial score (nSPS) is 11.1. The molecule has 1 heterocycles. The summed E-state index contributed by atoms with van der Waals surface area (Å²) in [6, 6.07) is 16.4. The summed E-state index contributed by atoms with van der Waals surface area (Å²) in [7, 11) is 1.75. The van der Waals surface area contributed by atoms with Crippen molar-refractivity contribution >= 4 is 40.7 Å². The molecule has 7 heteroatoms. The Balaban J connectivity index is 0.00000280. The molecule has 0 fully saturated rings. The van der Waals surface area contributed by atoms with Gasteiger partial charge in [0.15, 0.2) is 11.7 Å². The van der Waals surface area contributed by atoms with Crippen molar-refractivity contribution in [1.82, 2.24) is 15.8 Å². The SMILES string of the molecule is CCc1cc(CNC(=NC)NCCCOc2ccc3ccccc3c2)on1.I. The van der Waals surface area contributed by atoms with Crippen LogP contribution >= 0.6 is 24.0 Å². The summed E-state index contributed by atoms with van der Waals surface area (Å²) in [4.78, 5) is 4.21. The molecule has 0 unspecified atom stereocenters. The molecule has 2 aromatic carbocycles. The highest BCUT2D eigenvalue weighted by molar-refractivity contribution is 14.0. The fourth-order valence-electron chi connectivity index (χ4n) is 2.72. The first-order valence-electron chi connectivity index (χ1n) is 9.29. The molecule has 0 spiro atoms. The Kier molecular flexibility index (Phi) is 9.06. The van der Waals surface area contributed by atoms with Crippen molar-refractivity contribution in [1.29, 1.82) is 0 Å². The Morgan fingerprint density at radius 3 is 2.68 bits per heavy atom. The average molecular weight is 494 g/mol. The Labute approximate surface area is 182 Å². The predicted octanol–water partition coefficient (Wildman–Crippen LogP) is 4.14. The molecular formula is C21H27IN4O2. The van der Waals surface area contributed by atoms with Gasteiger partial charge in [-0.25, -0.2) is 0 Å². The molecule has 3 aromatic rings. The lowest BCUT2D eigenvalue weighted by molar-refractivity contribution is 0.311. The molecule has 0 aliphatic heterocycles. The van der Waals surface area contributed by atoms with Gasteiger partial charge in [-0.15, -0.1) is 24.0 Å². The zero-order chi connectivity index (χ0) is 18.9. The van der Waals surface area contributed by atoms with Crippen LogP contribution in [-0.4, -0.2) is 31.3 Å². The first kappa shape index (κ1) is 22.0. The minimum Gasteiger partial charge on any atom is -0.494 e. The number of nitrogens with one attached hydrogen (secondary N) is 2. The van der Waals surface area contributed by atoms with Gasteiger partial charge in [0, 0.05) is 19.7 Å². The highest BCUT2D eigenvalue weighted by Gasteiger charge is 2.04. The van der Waals surface area contributed by atoms with Gasteiger partial charge in [0.2, 0.25) is 0 Å². The van der Waals surface area contributed by atoms with E-state index in [4.69, 9.17) is 9.26 Å². The number of rotatable bonds is 8. The van der Waals surface area contributed by atoms with E-state index in [0.29, 0.717) is 13.2 Å². The van der Waals surface area contributed by atoms with Crippen molar-refractivity contribution in [3.05, 3.63) is 60.0 Å². The molecule has 0 atom stereocenters. The van der Waals surface area contributed by atoms with Crippen molar-refractivity contribution in [2.45, 2.75) is 26.3 Å². The van der Waals surface area contributed by atoms with E-state index < -0.39 is 0 Å². The molecular weight excluding hydrogens is 467 g/mol. The number of halogens is 1. The van der Waals surface area contributed by atoms with Crippen LogP contribution in [0.1, 0.15) is 24.8 Å². The second-order valence-electron chi connectivity index (χ2n) is 6.20. The maximum atomic E-state index is 5.85. The summed E-state index contributed by atoms with van der Waals surface area (Å²) >= 11 is 0. The van der Waals surface area contributed by atoms with Crippen LogP contribution in [0.5, 0.6) is 5.75 Å². The van der Waals surface area contributed by atoms with Crippen molar-refractivity contribution in [3.8, 4) is 5.75 Å². The number of aromatic nitrogens is 1. The number of nitrogens with zero attached hydrogens (tertiary/aromatic N) is 2. The molecule has 0 aliphatic carbocycles. The summed E-state index contributed by atoms with van der Waals surface area (Å²) in [5.74, 6) is 2.43. The van der Waals surface area contributed by atoms with Gasteiger partial charge < -0.3 is 19.9 Å². The largest absolute Gasteiger partial charge is 0.494 e. The van der Waals surface area contributed by atoms with Gasteiger partial charge >= 0.3 is 0 Å². The van der Waals surface area contributed by atoms with E-state index in [9.17, 15) is 0 Å². The second kappa shape index (κ2) is 11.5. The predicted molar refractivity (Wildman–Crippen MR) is 124 cm³/mol. The first-order chi connectivity index (χ1) is 13.3. The fraction of sp³-hybridized carbons (Fsp3) is 0.333. The Morgan fingerprint density at radius 2 is 1.93 bits per heavy atom. The molecule has 0 saturated carbocycles. The Bertz CT molecular complexity index is 895. The molecule has 150 valence electrons. The van der Waals surface area contributed by atoms with Crippen LogP contribution in [0.15, 0.2) is 58.0 Å². The van der Waals surface area contributed by atoms with Crippen LogP contribution in [0.4, 0.5) is 0 Å². The van der Waals surface area contributed by atoms with Crippen LogP contribution in [0.2, 0.25) is 0 Å². The quantitative estimate of drug-likeness (QED) is 0.213. The van der Waals surface area contributed by atoms with Gasteiger partial charge in [0.05, 0.1) is 18.8 Å². The van der Waals surface area contributed by atoms with E-state index in [1.165, 1.54) is 10.8 Å². The summed E-state index contributed by atoms with van der Waals surface area (Å²) in [6.45, 7) is 4.02. The Hall–Kier alpha value is -2.29. The number of aryl methyl sites for hydroxylation is 1. The molecule has 6 nitrogen and oxygen atoms in total. The van der Waals surface area contributed by atoms with Gasteiger partial charge in [0.25, 0.3) is 0 Å². The molecule has 0 radical (unpaired) electrons. The molecule has 0 saturated heterocycles. The van der Waals surface area contributed by atoms with Crippen molar-refractivity contribution in [2.75, 3.05) is 20.2 Å². The molecule has 0 aliphatic rings. The summed E-state index contributed by atoms with van der Waals surface area (Å²) < 4.78 is 11.1. The van der Waals surface area contributed by atoms with Crippen LogP contribution in [-0.2, 0) is 13.0 Å². The minimum absolute atomic E-state index is 0.